The number of hydrogen-bond acceptors (Lipinski definition) is 3. The lowest BCUT2D eigenvalue weighted by Crippen LogP contribution is -2.41. The highest BCUT2D eigenvalue weighted by Gasteiger charge is 2.36. The molecule has 1 aromatic carbocycles. The van der Waals surface area contributed by atoms with Crippen LogP contribution in [0.25, 0.3) is 0 Å². The predicted molar refractivity (Wildman–Crippen MR) is 114 cm³/mol. The molecule has 0 spiro atoms. The fourth-order valence-electron chi connectivity index (χ4n) is 5.06. The lowest BCUT2D eigenvalue weighted by molar-refractivity contribution is 0.0770. The van der Waals surface area contributed by atoms with Crippen LogP contribution in [0, 0.1) is 12.8 Å². The molecule has 5 heteroatoms. The third kappa shape index (κ3) is 4.05. The van der Waals surface area contributed by atoms with Crippen molar-refractivity contribution in [1.82, 2.24) is 14.7 Å². The molecule has 0 radical (unpaired) electrons. The number of fused-ring (bicyclic) bond motifs is 1. The summed E-state index contributed by atoms with van der Waals surface area (Å²) in [5.41, 5.74) is 4.83. The van der Waals surface area contributed by atoms with Crippen LogP contribution in [0.4, 0.5) is 4.79 Å². The number of nitrogens with zero attached hydrogens (tertiary/aromatic N) is 3. The van der Waals surface area contributed by atoms with E-state index in [1.807, 2.05) is 22.8 Å². The number of carbonyl (C=O) groups is 1. The molecule has 0 N–H and O–H groups in total. The molecule has 2 heterocycles. The summed E-state index contributed by atoms with van der Waals surface area (Å²) >= 11 is 0. The highest BCUT2D eigenvalue weighted by molar-refractivity contribution is 5.69. The van der Waals surface area contributed by atoms with E-state index in [2.05, 4.69) is 43.2 Å². The summed E-state index contributed by atoms with van der Waals surface area (Å²) in [4.78, 5) is 14.9. The Kier molecular flexibility index (Phi) is 5.93. The van der Waals surface area contributed by atoms with Crippen molar-refractivity contribution >= 4 is 6.09 Å². The van der Waals surface area contributed by atoms with Crippen molar-refractivity contribution in [2.45, 2.75) is 64.3 Å². The number of aromatic nitrogens is 2. The van der Waals surface area contributed by atoms with Gasteiger partial charge in [-0.15, -0.1) is 0 Å². The molecule has 156 valence electrons. The first-order valence-electron chi connectivity index (χ1n) is 11.1. The molecule has 1 saturated carbocycles. The number of aryl methyl sites for hydroxylation is 1. The van der Waals surface area contributed by atoms with Gasteiger partial charge in [-0.3, -0.25) is 4.68 Å². The molecule has 2 aliphatic rings. The first-order valence-corrected chi connectivity index (χ1v) is 11.1. The summed E-state index contributed by atoms with van der Waals surface area (Å²) in [6, 6.07) is 8.49. The van der Waals surface area contributed by atoms with Gasteiger partial charge in [-0.2, -0.15) is 5.10 Å². The SMILES string of the molecule is Cc1c([C@H]2CN(C(=O)OCCC3CCCCC3)[C@@H](C)c3ccccc32)cnn1C. The van der Waals surface area contributed by atoms with E-state index in [0.29, 0.717) is 13.2 Å². The summed E-state index contributed by atoms with van der Waals surface area (Å²) in [6.45, 7) is 5.36. The Hall–Kier alpha value is -2.30. The Morgan fingerprint density at radius 2 is 1.86 bits per heavy atom. The van der Waals surface area contributed by atoms with Crippen molar-refractivity contribution in [3.05, 3.63) is 52.8 Å². The second-order valence-corrected chi connectivity index (χ2v) is 8.73. The van der Waals surface area contributed by atoms with Crippen LogP contribution in [0.1, 0.15) is 79.8 Å². The fraction of sp³-hybridized carbons (Fsp3) is 0.583. The number of rotatable bonds is 4. The zero-order valence-corrected chi connectivity index (χ0v) is 17.9. The number of hydrogen-bond donors (Lipinski definition) is 0. The van der Waals surface area contributed by atoms with Crippen LogP contribution < -0.4 is 0 Å². The molecule has 4 rings (SSSR count). The van der Waals surface area contributed by atoms with Gasteiger partial charge in [0, 0.05) is 30.8 Å². The van der Waals surface area contributed by atoms with Gasteiger partial charge in [0.25, 0.3) is 0 Å². The molecule has 29 heavy (non-hydrogen) atoms. The van der Waals surface area contributed by atoms with E-state index in [4.69, 9.17) is 4.74 Å². The quantitative estimate of drug-likeness (QED) is 0.702. The number of ether oxygens (including phenoxy) is 1. The first-order chi connectivity index (χ1) is 14.1. The molecular formula is C24H33N3O2. The van der Waals surface area contributed by atoms with Gasteiger partial charge in [0.2, 0.25) is 0 Å². The minimum Gasteiger partial charge on any atom is -0.449 e. The van der Waals surface area contributed by atoms with Crippen molar-refractivity contribution in [1.29, 1.82) is 0 Å². The van der Waals surface area contributed by atoms with Crippen LogP contribution >= 0.6 is 0 Å². The lowest BCUT2D eigenvalue weighted by Gasteiger charge is -2.39. The standard InChI is InChI=1S/C24H33N3O2/c1-17-22(15-25-26(17)3)23-16-27(18(2)20-11-7-8-12-21(20)23)24(28)29-14-13-19-9-5-4-6-10-19/h7-8,11-12,15,18-19,23H,4-6,9-10,13-14,16H2,1-3H3/t18-,23-/m0/s1. The second-order valence-electron chi connectivity index (χ2n) is 8.73. The highest BCUT2D eigenvalue weighted by Crippen LogP contribution is 2.40. The van der Waals surface area contributed by atoms with Crippen LogP contribution in [-0.4, -0.2) is 33.9 Å². The number of amides is 1. The topological polar surface area (TPSA) is 47.4 Å². The van der Waals surface area contributed by atoms with Crippen molar-refractivity contribution in [2.75, 3.05) is 13.2 Å². The molecule has 1 amide bonds. The monoisotopic (exact) mass is 395 g/mol. The van der Waals surface area contributed by atoms with Gasteiger partial charge < -0.3 is 9.64 Å². The van der Waals surface area contributed by atoms with E-state index in [1.165, 1.54) is 48.8 Å². The molecule has 1 aliphatic carbocycles. The average molecular weight is 396 g/mol. The summed E-state index contributed by atoms with van der Waals surface area (Å²) in [6.07, 6.45) is 9.33. The van der Waals surface area contributed by atoms with Gasteiger partial charge >= 0.3 is 6.09 Å². The highest BCUT2D eigenvalue weighted by atomic mass is 16.6. The minimum atomic E-state index is -0.186. The van der Waals surface area contributed by atoms with Gasteiger partial charge in [0.05, 0.1) is 18.8 Å². The fourth-order valence-corrected chi connectivity index (χ4v) is 5.06. The minimum absolute atomic E-state index is 0.0154. The van der Waals surface area contributed by atoms with Crippen LogP contribution in [0.3, 0.4) is 0 Å². The molecule has 1 fully saturated rings. The summed E-state index contributed by atoms with van der Waals surface area (Å²) in [7, 11) is 1.97. The summed E-state index contributed by atoms with van der Waals surface area (Å²) in [5.74, 6) is 0.851. The third-order valence-electron chi connectivity index (χ3n) is 7.03. The van der Waals surface area contributed by atoms with Gasteiger partial charge in [-0.25, -0.2) is 4.79 Å². The van der Waals surface area contributed by atoms with Gasteiger partial charge in [0.15, 0.2) is 0 Å². The Morgan fingerprint density at radius 1 is 1.14 bits per heavy atom. The van der Waals surface area contributed by atoms with Crippen molar-refractivity contribution in [3.63, 3.8) is 0 Å². The molecule has 0 saturated heterocycles. The molecule has 5 nitrogen and oxygen atoms in total. The maximum Gasteiger partial charge on any atom is 0.410 e. The molecule has 1 aliphatic heterocycles. The second kappa shape index (κ2) is 8.60. The average Bonchev–Trinajstić information content (AvgIpc) is 3.08. The first kappa shape index (κ1) is 20.0. The van der Waals surface area contributed by atoms with Crippen molar-refractivity contribution in [2.24, 2.45) is 13.0 Å². The maximum atomic E-state index is 13.0. The van der Waals surface area contributed by atoms with Gasteiger partial charge in [-0.1, -0.05) is 56.4 Å². The van der Waals surface area contributed by atoms with E-state index < -0.39 is 0 Å². The van der Waals surface area contributed by atoms with E-state index in [1.54, 1.807) is 0 Å². The molecular weight excluding hydrogens is 362 g/mol. The Balaban J connectivity index is 1.50. The molecule has 0 bridgehead atoms. The molecule has 1 aromatic heterocycles. The lowest BCUT2D eigenvalue weighted by atomic mass is 9.82. The van der Waals surface area contributed by atoms with E-state index >= 15 is 0 Å². The normalized spacial score (nSPS) is 22.4. The smallest absolute Gasteiger partial charge is 0.410 e. The molecule has 2 atom stereocenters. The Bertz CT molecular complexity index is 854. The van der Waals surface area contributed by atoms with Crippen LogP contribution in [-0.2, 0) is 11.8 Å². The summed E-state index contributed by atoms with van der Waals surface area (Å²) in [5, 5.41) is 4.44. The Labute approximate surface area is 174 Å². The number of benzene rings is 1. The van der Waals surface area contributed by atoms with E-state index in [0.717, 1.165) is 18.0 Å². The summed E-state index contributed by atoms with van der Waals surface area (Å²) < 4.78 is 7.66. The largest absolute Gasteiger partial charge is 0.449 e. The zero-order valence-electron chi connectivity index (χ0n) is 17.9. The van der Waals surface area contributed by atoms with E-state index in [9.17, 15) is 4.79 Å². The third-order valence-corrected chi connectivity index (χ3v) is 7.03. The van der Waals surface area contributed by atoms with Crippen molar-refractivity contribution in [3.8, 4) is 0 Å². The predicted octanol–water partition coefficient (Wildman–Crippen LogP) is 5.34. The molecule has 0 unspecified atom stereocenters. The van der Waals surface area contributed by atoms with Crippen molar-refractivity contribution < 1.29 is 9.53 Å². The Morgan fingerprint density at radius 3 is 2.55 bits per heavy atom. The molecule has 2 aromatic rings. The van der Waals surface area contributed by atoms with Gasteiger partial charge in [-0.05, 0) is 37.3 Å². The maximum absolute atomic E-state index is 13.0. The van der Waals surface area contributed by atoms with Gasteiger partial charge in [0.1, 0.15) is 0 Å². The zero-order chi connectivity index (χ0) is 20.4. The number of carbonyl (C=O) groups excluding carboxylic acids is 1. The van der Waals surface area contributed by atoms with Crippen LogP contribution in [0.5, 0.6) is 0 Å². The van der Waals surface area contributed by atoms with E-state index in [-0.39, 0.29) is 18.1 Å². The van der Waals surface area contributed by atoms with Crippen LogP contribution in [0.2, 0.25) is 0 Å². The van der Waals surface area contributed by atoms with Crippen LogP contribution in [0.15, 0.2) is 30.5 Å².